The Kier molecular flexibility index (Phi) is 3.49. The molecule has 2 heterocycles. The van der Waals surface area contributed by atoms with E-state index in [4.69, 9.17) is 10.3 Å². The van der Waals surface area contributed by atoms with Gasteiger partial charge in [-0.15, -0.1) is 0 Å². The van der Waals surface area contributed by atoms with Crippen LogP contribution in [0, 0.1) is 12.7 Å². The summed E-state index contributed by atoms with van der Waals surface area (Å²) in [5.74, 6) is 0.298. The van der Waals surface area contributed by atoms with Crippen LogP contribution in [0.25, 0.3) is 11.4 Å². The minimum atomic E-state index is -0.443. The Morgan fingerprint density at radius 3 is 2.95 bits per heavy atom. The van der Waals surface area contributed by atoms with Gasteiger partial charge in [-0.1, -0.05) is 5.16 Å². The molecule has 3 rings (SSSR count). The van der Waals surface area contributed by atoms with Crippen molar-refractivity contribution in [2.45, 2.75) is 19.4 Å². The zero-order valence-corrected chi connectivity index (χ0v) is 11.4. The fraction of sp³-hybridized carbons (Fsp3) is 0.214. The summed E-state index contributed by atoms with van der Waals surface area (Å²) in [6.07, 6.45) is 3.77. The zero-order valence-electron chi connectivity index (χ0n) is 11.4. The van der Waals surface area contributed by atoms with Gasteiger partial charge in [-0.25, -0.2) is 9.37 Å². The first-order valence-electron chi connectivity index (χ1n) is 6.46. The van der Waals surface area contributed by atoms with E-state index >= 15 is 0 Å². The van der Waals surface area contributed by atoms with Crippen LogP contribution in [-0.2, 0) is 6.42 Å². The molecule has 7 heteroatoms. The van der Waals surface area contributed by atoms with Gasteiger partial charge in [0.15, 0.2) is 0 Å². The van der Waals surface area contributed by atoms with Gasteiger partial charge in [0.05, 0.1) is 12.4 Å². The van der Waals surface area contributed by atoms with Crippen LogP contribution in [0.5, 0.6) is 0 Å². The van der Waals surface area contributed by atoms with E-state index < -0.39 is 6.04 Å². The quantitative estimate of drug-likeness (QED) is 0.766. The molecule has 0 bridgehead atoms. The average Bonchev–Trinajstić information content (AvgIpc) is 3.08. The standard InChI is InChI=1S/C14H14FN5O/c1-8-2-9(4-10(15)3-8)13-19-14(21-20-13)12(16)5-11-6-17-7-18-11/h2-4,6-7,12H,5,16H2,1H3,(H,17,18)/t12-/m0/s1. The maximum absolute atomic E-state index is 13.4. The van der Waals surface area contributed by atoms with Crippen molar-refractivity contribution in [3.63, 3.8) is 0 Å². The van der Waals surface area contributed by atoms with E-state index in [2.05, 4.69) is 20.1 Å². The Morgan fingerprint density at radius 2 is 2.24 bits per heavy atom. The third kappa shape index (κ3) is 2.97. The summed E-state index contributed by atoms with van der Waals surface area (Å²) in [6, 6.07) is 4.15. The number of aromatic amines is 1. The molecular weight excluding hydrogens is 273 g/mol. The Labute approximate surface area is 120 Å². The highest BCUT2D eigenvalue weighted by molar-refractivity contribution is 5.55. The Morgan fingerprint density at radius 1 is 1.38 bits per heavy atom. The van der Waals surface area contributed by atoms with Gasteiger partial charge >= 0.3 is 0 Å². The lowest BCUT2D eigenvalue weighted by atomic mass is 10.1. The summed E-state index contributed by atoms with van der Waals surface area (Å²) in [5.41, 5.74) is 8.25. The number of H-pyrrole nitrogens is 1. The molecule has 21 heavy (non-hydrogen) atoms. The Balaban J connectivity index is 1.82. The summed E-state index contributed by atoms with van der Waals surface area (Å²) in [5, 5.41) is 3.86. The first-order chi connectivity index (χ1) is 10.1. The SMILES string of the molecule is Cc1cc(F)cc(-c2noc([C@@H](N)Cc3cnc[nH]3)n2)c1. The second-order valence-corrected chi connectivity index (χ2v) is 4.86. The predicted molar refractivity (Wildman–Crippen MR) is 73.6 cm³/mol. The first kappa shape index (κ1) is 13.4. The number of benzene rings is 1. The van der Waals surface area contributed by atoms with Crippen LogP contribution >= 0.6 is 0 Å². The summed E-state index contributed by atoms with van der Waals surface area (Å²) in [6.45, 7) is 1.80. The molecule has 108 valence electrons. The Hall–Kier alpha value is -2.54. The van der Waals surface area contributed by atoms with Crippen molar-refractivity contribution in [1.82, 2.24) is 20.1 Å². The smallest absolute Gasteiger partial charge is 0.244 e. The van der Waals surface area contributed by atoms with Crippen molar-refractivity contribution in [3.05, 3.63) is 53.7 Å². The normalized spacial score (nSPS) is 12.5. The highest BCUT2D eigenvalue weighted by Crippen LogP contribution is 2.21. The molecule has 1 aromatic carbocycles. The molecule has 2 aromatic heterocycles. The highest BCUT2D eigenvalue weighted by Gasteiger charge is 2.17. The summed E-state index contributed by atoms with van der Waals surface area (Å²) < 4.78 is 18.6. The van der Waals surface area contributed by atoms with Gasteiger partial charge in [0, 0.05) is 23.9 Å². The third-order valence-electron chi connectivity index (χ3n) is 3.05. The molecule has 0 spiro atoms. The lowest BCUT2D eigenvalue weighted by molar-refractivity contribution is 0.354. The second-order valence-electron chi connectivity index (χ2n) is 4.86. The minimum Gasteiger partial charge on any atom is -0.348 e. The largest absolute Gasteiger partial charge is 0.348 e. The van der Waals surface area contributed by atoms with Crippen LogP contribution in [0.1, 0.15) is 23.2 Å². The molecule has 0 aliphatic heterocycles. The monoisotopic (exact) mass is 287 g/mol. The van der Waals surface area contributed by atoms with Gasteiger partial charge in [-0.05, 0) is 30.7 Å². The number of nitrogens with one attached hydrogen (secondary N) is 1. The van der Waals surface area contributed by atoms with Crippen LogP contribution in [0.4, 0.5) is 4.39 Å². The second kappa shape index (κ2) is 5.45. The number of nitrogens with zero attached hydrogens (tertiary/aromatic N) is 3. The van der Waals surface area contributed by atoms with Crippen LogP contribution in [-0.4, -0.2) is 20.1 Å². The molecule has 0 aliphatic rings. The number of aromatic nitrogens is 4. The number of hydrogen-bond acceptors (Lipinski definition) is 5. The molecule has 3 N–H and O–H groups in total. The van der Waals surface area contributed by atoms with E-state index in [1.54, 1.807) is 25.5 Å². The summed E-state index contributed by atoms with van der Waals surface area (Å²) >= 11 is 0. The van der Waals surface area contributed by atoms with E-state index in [1.165, 1.54) is 12.1 Å². The molecule has 0 unspecified atom stereocenters. The van der Waals surface area contributed by atoms with Crippen molar-refractivity contribution in [1.29, 1.82) is 0 Å². The summed E-state index contributed by atoms with van der Waals surface area (Å²) in [4.78, 5) is 11.1. The van der Waals surface area contributed by atoms with Gasteiger partial charge < -0.3 is 15.2 Å². The van der Waals surface area contributed by atoms with E-state index in [0.29, 0.717) is 23.7 Å². The molecular formula is C14H14FN5O. The minimum absolute atomic E-state index is 0.307. The number of nitrogens with two attached hydrogens (primary N) is 1. The van der Waals surface area contributed by atoms with Crippen LogP contribution in [0.2, 0.25) is 0 Å². The maximum Gasteiger partial charge on any atom is 0.244 e. The van der Waals surface area contributed by atoms with E-state index in [-0.39, 0.29) is 5.82 Å². The van der Waals surface area contributed by atoms with Gasteiger partial charge in [0.1, 0.15) is 5.82 Å². The van der Waals surface area contributed by atoms with Crippen LogP contribution in [0.15, 0.2) is 35.2 Å². The lowest BCUT2D eigenvalue weighted by Crippen LogP contribution is -2.14. The Bertz CT molecular complexity index is 717. The van der Waals surface area contributed by atoms with Crippen molar-refractivity contribution in [3.8, 4) is 11.4 Å². The predicted octanol–water partition coefficient (Wildman–Crippen LogP) is 2.15. The summed E-state index contributed by atoms with van der Waals surface area (Å²) in [7, 11) is 0. The third-order valence-corrected chi connectivity index (χ3v) is 3.05. The van der Waals surface area contributed by atoms with Crippen molar-refractivity contribution >= 4 is 0 Å². The zero-order chi connectivity index (χ0) is 14.8. The average molecular weight is 287 g/mol. The van der Waals surface area contributed by atoms with Crippen LogP contribution in [0.3, 0.4) is 0 Å². The molecule has 0 aliphatic carbocycles. The van der Waals surface area contributed by atoms with E-state index in [1.807, 2.05) is 0 Å². The topological polar surface area (TPSA) is 93.6 Å². The molecule has 0 fully saturated rings. The number of hydrogen-bond donors (Lipinski definition) is 2. The fourth-order valence-corrected chi connectivity index (χ4v) is 2.09. The lowest BCUT2D eigenvalue weighted by Gasteiger charge is -2.03. The van der Waals surface area contributed by atoms with E-state index in [9.17, 15) is 4.39 Å². The van der Waals surface area contributed by atoms with Crippen molar-refractivity contribution in [2.24, 2.45) is 5.73 Å². The van der Waals surface area contributed by atoms with Gasteiger partial charge in [0.25, 0.3) is 0 Å². The van der Waals surface area contributed by atoms with Crippen LogP contribution < -0.4 is 5.73 Å². The number of rotatable bonds is 4. The molecule has 0 saturated carbocycles. The fourth-order valence-electron chi connectivity index (χ4n) is 2.09. The molecule has 0 saturated heterocycles. The molecule has 0 amide bonds. The number of aryl methyl sites for hydroxylation is 1. The van der Waals surface area contributed by atoms with Crippen molar-refractivity contribution < 1.29 is 8.91 Å². The number of imidazole rings is 1. The van der Waals surface area contributed by atoms with Gasteiger partial charge in [-0.2, -0.15) is 4.98 Å². The number of halogens is 1. The molecule has 3 aromatic rings. The molecule has 1 atom stereocenters. The molecule has 6 nitrogen and oxygen atoms in total. The highest BCUT2D eigenvalue weighted by atomic mass is 19.1. The van der Waals surface area contributed by atoms with E-state index in [0.717, 1.165) is 11.3 Å². The van der Waals surface area contributed by atoms with Crippen molar-refractivity contribution in [2.75, 3.05) is 0 Å². The maximum atomic E-state index is 13.4. The molecule has 0 radical (unpaired) electrons. The van der Waals surface area contributed by atoms with Gasteiger partial charge in [-0.3, -0.25) is 0 Å². The first-order valence-corrected chi connectivity index (χ1v) is 6.46. The van der Waals surface area contributed by atoms with Gasteiger partial charge in [0.2, 0.25) is 11.7 Å².